The van der Waals surface area contributed by atoms with Gasteiger partial charge in [-0.2, -0.15) is 5.26 Å². The zero-order valence-electron chi connectivity index (χ0n) is 10.7. The molecule has 0 saturated carbocycles. The second kappa shape index (κ2) is 7.26. The van der Waals surface area contributed by atoms with Crippen LogP contribution in [-0.2, 0) is 11.2 Å². The maximum atomic E-state index is 11.6. The third-order valence-electron chi connectivity index (χ3n) is 2.55. The summed E-state index contributed by atoms with van der Waals surface area (Å²) in [4.78, 5) is 15.7. The van der Waals surface area contributed by atoms with E-state index in [1.165, 1.54) is 11.3 Å². The smallest absolute Gasteiger partial charge is 0.257 e. The van der Waals surface area contributed by atoms with Gasteiger partial charge in [-0.15, -0.1) is 11.3 Å². The molecule has 5 nitrogen and oxygen atoms in total. The van der Waals surface area contributed by atoms with Crippen molar-refractivity contribution in [2.45, 2.75) is 6.42 Å². The largest absolute Gasteiger partial charge is 0.482 e. The highest BCUT2D eigenvalue weighted by Gasteiger charge is 2.06. The molecule has 102 valence electrons. The van der Waals surface area contributed by atoms with E-state index in [-0.39, 0.29) is 12.5 Å². The first kappa shape index (κ1) is 14.0. The van der Waals surface area contributed by atoms with Gasteiger partial charge in [-0.25, -0.2) is 4.98 Å². The van der Waals surface area contributed by atoms with Crippen LogP contribution >= 0.6 is 11.3 Å². The maximum absolute atomic E-state index is 11.6. The predicted molar refractivity (Wildman–Crippen MR) is 75.5 cm³/mol. The van der Waals surface area contributed by atoms with E-state index in [1.54, 1.807) is 29.8 Å². The van der Waals surface area contributed by atoms with Gasteiger partial charge in [-0.3, -0.25) is 4.79 Å². The van der Waals surface area contributed by atoms with Crippen molar-refractivity contribution in [3.05, 3.63) is 46.4 Å². The van der Waals surface area contributed by atoms with Crippen LogP contribution in [0, 0.1) is 11.3 Å². The molecule has 0 fully saturated rings. The van der Waals surface area contributed by atoms with E-state index >= 15 is 0 Å². The molecule has 1 amide bonds. The van der Waals surface area contributed by atoms with Crippen molar-refractivity contribution in [2.24, 2.45) is 0 Å². The molecule has 0 aliphatic rings. The van der Waals surface area contributed by atoms with E-state index in [9.17, 15) is 4.79 Å². The third kappa shape index (κ3) is 4.07. The quantitative estimate of drug-likeness (QED) is 0.878. The number of hydrogen-bond donors (Lipinski definition) is 1. The fourth-order valence-corrected chi connectivity index (χ4v) is 2.16. The Bertz CT molecular complexity index is 605. The number of rotatable bonds is 6. The van der Waals surface area contributed by atoms with Crippen LogP contribution in [0.2, 0.25) is 0 Å². The summed E-state index contributed by atoms with van der Waals surface area (Å²) in [5, 5.41) is 13.6. The van der Waals surface area contributed by atoms with Crippen LogP contribution in [0.25, 0.3) is 0 Å². The van der Waals surface area contributed by atoms with E-state index < -0.39 is 0 Å². The van der Waals surface area contributed by atoms with Gasteiger partial charge in [0, 0.05) is 18.3 Å². The Balaban J connectivity index is 1.74. The molecule has 1 heterocycles. The van der Waals surface area contributed by atoms with Crippen molar-refractivity contribution in [3.63, 3.8) is 0 Å². The maximum Gasteiger partial charge on any atom is 0.257 e. The molecule has 0 bridgehead atoms. The first-order valence-electron chi connectivity index (χ1n) is 6.05. The van der Waals surface area contributed by atoms with Gasteiger partial charge in [-0.05, 0) is 12.1 Å². The normalized spacial score (nSPS) is 9.75. The van der Waals surface area contributed by atoms with Crippen molar-refractivity contribution in [2.75, 3.05) is 13.2 Å². The van der Waals surface area contributed by atoms with Gasteiger partial charge in [-0.1, -0.05) is 12.1 Å². The van der Waals surface area contributed by atoms with Gasteiger partial charge < -0.3 is 10.1 Å². The number of aromatic nitrogens is 1. The highest BCUT2D eigenvalue weighted by Crippen LogP contribution is 2.16. The van der Waals surface area contributed by atoms with Gasteiger partial charge in [0.25, 0.3) is 5.91 Å². The lowest BCUT2D eigenvalue weighted by Gasteiger charge is -2.08. The Morgan fingerprint density at radius 1 is 1.45 bits per heavy atom. The van der Waals surface area contributed by atoms with Gasteiger partial charge in [0.15, 0.2) is 6.61 Å². The SMILES string of the molecule is N#Cc1ccccc1OCC(=O)NCCc1cscn1. The molecule has 1 aromatic heterocycles. The summed E-state index contributed by atoms with van der Waals surface area (Å²) in [7, 11) is 0. The summed E-state index contributed by atoms with van der Waals surface area (Å²) >= 11 is 1.53. The average molecular weight is 287 g/mol. The molecular formula is C14H13N3O2S. The minimum absolute atomic E-state index is 0.101. The van der Waals surface area contributed by atoms with Crippen LogP contribution < -0.4 is 10.1 Å². The summed E-state index contributed by atoms with van der Waals surface area (Å²) in [6, 6.07) is 8.84. The molecule has 0 radical (unpaired) electrons. The summed E-state index contributed by atoms with van der Waals surface area (Å²) in [5.74, 6) is 0.206. The molecule has 1 N–H and O–H groups in total. The standard InChI is InChI=1S/C14H13N3O2S/c15-7-11-3-1-2-4-13(11)19-8-14(18)16-6-5-12-9-20-10-17-12/h1-4,9-10H,5-6,8H2,(H,16,18). The van der Waals surface area contributed by atoms with Crippen LogP contribution in [0.3, 0.4) is 0 Å². The van der Waals surface area contributed by atoms with Crippen LogP contribution in [0.4, 0.5) is 0 Å². The minimum atomic E-state index is -0.215. The molecule has 1 aromatic carbocycles. The molecule has 0 aliphatic carbocycles. The number of benzene rings is 1. The van der Waals surface area contributed by atoms with Crippen LogP contribution in [0.5, 0.6) is 5.75 Å². The van der Waals surface area contributed by atoms with Crippen molar-refractivity contribution >= 4 is 17.2 Å². The average Bonchev–Trinajstić information content (AvgIpc) is 2.98. The van der Waals surface area contributed by atoms with Crippen molar-refractivity contribution in [3.8, 4) is 11.8 Å². The number of para-hydroxylation sites is 1. The van der Waals surface area contributed by atoms with Crippen molar-refractivity contribution < 1.29 is 9.53 Å². The summed E-state index contributed by atoms with van der Waals surface area (Å²) < 4.78 is 5.33. The van der Waals surface area contributed by atoms with Crippen LogP contribution in [0.15, 0.2) is 35.2 Å². The van der Waals surface area contributed by atoms with E-state index in [2.05, 4.69) is 10.3 Å². The minimum Gasteiger partial charge on any atom is -0.482 e. The fraction of sp³-hybridized carbons (Fsp3) is 0.214. The molecule has 2 aromatic rings. The monoisotopic (exact) mass is 287 g/mol. The Morgan fingerprint density at radius 2 is 2.30 bits per heavy atom. The number of nitrogens with one attached hydrogen (secondary N) is 1. The van der Waals surface area contributed by atoms with Gasteiger partial charge in [0.2, 0.25) is 0 Å². The number of carbonyl (C=O) groups excluding carboxylic acids is 1. The Morgan fingerprint density at radius 3 is 3.05 bits per heavy atom. The fourth-order valence-electron chi connectivity index (χ4n) is 1.57. The van der Waals surface area contributed by atoms with Gasteiger partial charge in [0.1, 0.15) is 11.8 Å². The van der Waals surface area contributed by atoms with Crippen molar-refractivity contribution in [1.82, 2.24) is 10.3 Å². The zero-order valence-corrected chi connectivity index (χ0v) is 11.5. The second-order valence-electron chi connectivity index (χ2n) is 3.98. The highest BCUT2D eigenvalue weighted by molar-refractivity contribution is 7.07. The number of amides is 1. The number of hydrogen-bond acceptors (Lipinski definition) is 5. The first-order chi connectivity index (χ1) is 9.79. The summed E-state index contributed by atoms with van der Waals surface area (Å²) in [6.07, 6.45) is 0.698. The Labute approximate surface area is 120 Å². The lowest BCUT2D eigenvalue weighted by atomic mass is 10.2. The summed E-state index contributed by atoms with van der Waals surface area (Å²) in [6.45, 7) is 0.418. The Hall–Kier alpha value is -2.39. The molecule has 20 heavy (non-hydrogen) atoms. The number of nitrogens with zero attached hydrogens (tertiary/aromatic N) is 2. The van der Waals surface area contributed by atoms with Crippen molar-refractivity contribution in [1.29, 1.82) is 5.26 Å². The lowest BCUT2D eigenvalue weighted by molar-refractivity contribution is -0.123. The number of thiazole rings is 1. The zero-order chi connectivity index (χ0) is 14.2. The molecular weight excluding hydrogens is 274 g/mol. The highest BCUT2D eigenvalue weighted by atomic mass is 32.1. The van der Waals surface area contributed by atoms with E-state index in [4.69, 9.17) is 10.00 Å². The van der Waals surface area contributed by atoms with E-state index in [0.29, 0.717) is 24.3 Å². The number of carbonyl (C=O) groups is 1. The second-order valence-corrected chi connectivity index (χ2v) is 4.70. The molecule has 0 spiro atoms. The van der Waals surface area contributed by atoms with Crippen LogP contribution in [-0.4, -0.2) is 24.0 Å². The third-order valence-corrected chi connectivity index (χ3v) is 3.19. The molecule has 2 rings (SSSR count). The van der Waals surface area contributed by atoms with Gasteiger partial charge >= 0.3 is 0 Å². The lowest BCUT2D eigenvalue weighted by Crippen LogP contribution is -2.30. The molecule has 6 heteroatoms. The topological polar surface area (TPSA) is 75.0 Å². The van der Waals surface area contributed by atoms with E-state index in [1.807, 2.05) is 11.4 Å². The number of nitriles is 1. The number of ether oxygens (including phenoxy) is 1. The molecule has 0 saturated heterocycles. The van der Waals surface area contributed by atoms with E-state index in [0.717, 1.165) is 5.69 Å². The molecule has 0 atom stereocenters. The predicted octanol–water partition coefficient (Wildman–Crippen LogP) is 1.75. The Kier molecular flexibility index (Phi) is 5.09. The van der Waals surface area contributed by atoms with Gasteiger partial charge in [0.05, 0.1) is 16.8 Å². The van der Waals surface area contributed by atoms with Crippen LogP contribution in [0.1, 0.15) is 11.3 Å². The first-order valence-corrected chi connectivity index (χ1v) is 6.99. The molecule has 0 unspecified atom stereocenters. The molecule has 0 aliphatic heterocycles. The summed E-state index contributed by atoms with van der Waals surface area (Å²) in [5.41, 5.74) is 3.15.